The van der Waals surface area contributed by atoms with Crippen LogP contribution in [0.1, 0.15) is 87.9 Å². The van der Waals surface area contributed by atoms with Gasteiger partial charge in [0.05, 0.1) is 26.4 Å². The fraction of sp³-hybridized carbons (Fsp3) is 0.667. The maximum absolute atomic E-state index is 12.7. The lowest BCUT2D eigenvalue weighted by atomic mass is 9.96. The zero-order valence-electron chi connectivity index (χ0n) is 24.8. The molecular weight excluding hydrogens is 520 g/mol. The van der Waals surface area contributed by atoms with Gasteiger partial charge in [-0.05, 0) is 37.5 Å². The number of anilines is 4. The second kappa shape index (κ2) is 20.0. The molecule has 1 amide bonds. The number of nitrogens with one attached hydrogen (secondary N) is 4. The normalized spacial score (nSPS) is 13.6. The lowest BCUT2D eigenvalue weighted by Gasteiger charge is -2.23. The third-order valence-electron chi connectivity index (χ3n) is 6.93. The zero-order valence-corrected chi connectivity index (χ0v) is 24.8. The van der Waals surface area contributed by atoms with E-state index in [4.69, 9.17) is 15.2 Å². The number of carbonyl (C=O) groups excluding carboxylic acids is 1. The third kappa shape index (κ3) is 13.5. The molecule has 1 fully saturated rings. The molecule has 0 radical (unpaired) electrons. The molecule has 1 aromatic carbocycles. The van der Waals surface area contributed by atoms with Crippen molar-refractivity contribution in [2.75, 3.05) is 62.0 Å². The molecule has 41 heavy (non-hydrogen) atoms. The quantitative estimate of drug-likeness (QED) is 0.132. The van der Waals surface area contributed by atoms with E-state index < -0.39 is 0 Å². The van der Waals surface area contributed by atoms with Crippen molar-refractivity contribution in [3.05, 3.63) is 29.8 Å². The summed E-state index contributed by atoms with van der Waals surface area (Å²) in [5.74, 6) is 1.39. The van der Waals surface area contributed by atoms with E-state index in [9.17, 15) is 4.79 Å². The number of ether oxygens (including phenoxy) is 2. The van der Waals surface area contributed by atoms with E-state index in [0.717, 1.165) is 31.5 Å². The minimum atomic E-state index is -0.173. The number of nitrogens with two attached hydrogens (primary N) is 1. The highest BCUT2D eigenvalue weighted by molar-refractivity contribution is 5.95. The van der Waals surface area contributed by atoms with E-state index in [1.807, 2.05) is 12.1 Å². The molecular formula is C30H50N8O3. The van der Waals surface area contributed by atoms with Gasteiger partial charge in [0.2, 0.25) is 17.8 Å². The monoisotopic (exact) mass is 570 g/mol. The lowest BCUT2D eigenvalue weighted by molar-refractivity contribution is 0.0511. The highest BCUT2D eigenvalue weighted by Crippen LogP contribution is 2.22. The van der Waals surface area contributed by atoms with E-state index in [1.54, 1.807) is 12.1 Å². The average molecular weight is 571 g/mol. The van der Waals surface area contributed by atoms with Crippen LogP contribution in [0.5, 0.6) is 0 Å². The summed E-state index contributed by atoms with van der Waals surface area (Å²) in [6.07, 6.45) is 13.4. The van der Waals surface area contributed by atoms with Crippen LogP contribution in [0.2, 0.25) is 0 Å². The first kappa shape index (κ1) is 32.5. The minimum absolute atomic E-state index is 0.173. The third-order valence-corrected chi connectivity index (χ3v) is 6.93. The molecule has 228 valence electrons. The Kier molecular flexibility index (Phi) is 15.8. The smallest absolute Gasteiger partial charge is 0.251 e. The summed E-state index contributed by atoms with van der Waals surface area (Å²) < 4.78 is 10.7. The Bertz CT molecular complexity index is 1000. The number of carbonyl (C=O) groups is 1. The Morgan fingerprint density at radius 1 is 0.878 bits per heavy atom. The van der Waals surface area contributed by atoms with Gasteiger partial charge in [0.1, 0.15) is 0 Å². The molecule has 0 spiro atoms. The molecule has 11 heteroatoms. The van der Waals surface area contributed by atoms with Gasteiger partial charge in [-0.3, -0.25) is 4.79 Å². The summed E-state index contributed by atoms with van der Waals surface area (Å²) >= 11 is 0. The summed E-state index contributed by atoms with van der Waals surface area (Å²) in [4.78, 5) is 26.6. The van der Waals surface area contributed by atoms with E-state index in [2.05, 4.69) is 43.1 Å². The number of rotatable bonds is 21. The predicted molar refractivity (Wildman–Crippen MR) is 165 cm³/mol. The van der Waals surface area contributed by atoms with Gasteiger partial charge in [-0.1, -0.05) is 64.4 Å². The Hall–Kier alpha value is -3.02. The van der Waals surface area contributed by atoms with Crippen LogP contribution in [-0.4, -0.2) is 73.0 Å². The molecule has 6 N–H and O–H groups in total. The predicted octanol–water partition coefficient (Wildman–Crippen LogP) is 4.85. The van der Waals surface area contributed by atoms with Crippen LogP contribution in [0.25, 0.3) is 0 Å². The summed E-state index contributed by atoms with van der Waals surface area (Å²) in [6.45, 7) is 5.84. The van der Waals surface area contributed by atoms with Crippen molar-refractivity contribution in [3.8, 4) is 0 Å². The van der Waals surface area contributed by atoms with E-state index in [0.29, 0.717) is 69.0 Å². The standard InChI is InChI=1S/C30H50N8O3/c1-2-3-4-5-6-10-17-33-28-36-29(34-25-13-8-7-9-14-25)38-30(37-28)35-26-15-11-12-24(23-26)27(39)32-18-20-41-22-21-40-19-16-31/h11-12,15,23,25H,2-10,13-14,16-22,31H2,1H3,(H,32,39)(H3,33,34,35,36,37,38). The maximum Gasteiger partial charge on any atom is 0.251 e. The van der Waals surface area contributed by atoms with Crippen LogP contribution in [0, 0.1) is 0 Å². The molecule has 3 rings (SSSR count). The molecule has 2 aromatic rings. The van der Waals surface area contributed by atoms with Crippen molar-refractivity contribution in [3.63, 3.8) is 0 Å². The number of benzene rings is 1. The van der Waals surface area contributed by atoms with E-state index in [-0.39, 0.29) is 5.91 Å². The van der Waals surface area contributed by atoms with E-state index in [1.165, 1.54) is 51.4 Å². The fourth-order valence-electron chi connectivity index (χ4n) is 4.72. The van der Waals surface area contributed by atoms with Crippen molar-refractivity contribution in [2.24, 2.45) is 5.73 Å². The first-order valence-electron chi connectivity index (χ1n) is 15.4. The molecule has 0 bridgehead atoms. The van der Waals surface area contributed by atoms with Gasteiger partial charge >= 0.3 is 0 Å². The first-order chi connectivity index (χ1) is 20.2. The summed E-state index contributed by atoms with van der Waals surface area (Å²) in [5.41, 5.74) is 6.65. The summed E-state index contributed by atoms with van der Waals surface area (Å²) in [6, 6.07) is 7.67. The highest BCUT2D eigenvalue weighted by atomic mass is 16.5. The first-order valence-corrected chi connectivity index (χ1v) is 15.4. The largest absolute Gasteiger partial charge is 0.378 e. The summed E-state index contributed by atoms with van der Waals surface area (Å²) in [7, 11) is 0. The van der Waals surface area contributed by atoms with E-state index >= 15 is 0 Å². The van der Waals surface area contributed by atoms with Gasteiger partial charge in [0, 0.05) is 36.9 Å². The Morgan fingerprint density at radius 3 is 2.41 bits per heavy atom. The Morgan fingerprint density at radius 2 is 1.61 bits per heavy atom. The minimum Gasteiger partial charge on any atom is -0.378 e. The maximum atomic E-state index is 12.7. The molecule has 1 aliphatic carbocycles. The summed E-state index contributed by atoms with van der Waals surface area (Å²) in [5, 5.41) is 13.1. The Labute approximate surface area is 245 Å². The number of unbranched alkanes of at least 4 members (excludes halogenated alkanes) is 5. The molecule has 1 aromatic heterocycles. The van der Waals surface area contributed by atoms with Gasteiger partial charge in [0.25, 0.3) is 5.91 Å². The highest BCUT2D eigenvalue weighted by Gasteiger charge is 2.16. The van der Waals surface area contributed by atoms with Crippen molar-refractivity contribution in [1.82, 2.24) is 20.3 Å². The number of hydrogen-bond acceptors (Lipinski definition) is 10. The second-order valence-electron chi connectivity index (χ2n) is 10.5. The number of amides is 1. The number of nitrogens with zero attached hydrogens (tertiary/aromatic N) is 3. The van der Waals surface area contributed by atoms with Crippen LogP contribution < -0.4 is 27.0 Å². The molecule has 0 saturated heterocycles. The molecule has 0 atom stereocenters. The molecule has 0 unspecified atom stereocenters. The van der Waals surface area contributed by atoms with Crippen LogP contribution in [0.4, 0.5) is 23.5 Å². The van der Waals surface area contributed by atoms with Crippen LogP contribution in [0.3, 0.4) is 0 Å². The molecule has 0 aliphatic heterocycles. The van der Waals surface area contributed by atoms with Gasteiger partial charge in [0.15, 0.2) is 0 Å². The van der Waals surface area contributed by atoms with Gasteiger partial charge < -0.3 is 36.5 Å². The van der Waals surface area contributed by atoms with Crippen molar-refractivity contribution < 1.29 is 14.3 Å². The van der Waals surface area contributed by atoms with Crippen molar-refractivity contribution >= 4 is 29.4 Å². The van der Waals surface area contributed by atoms with Crippen LogP contribution in [-0.2, 0) is 9.47 Å². The van der Waals surface area contributed by atoms with Crippen molar-refractivity contribution in [2.45, 2.75) is 83.6 Å². The van der Waals surface area contributed by atoms with Crippen LogP contribution in [0.15, 0.2) is 24.3 Å². The number of aromatic nitrogens is 3. The average Bonchev–Trinajstić information content (AvgIpc) is 2.98. The molecule has 1 heterocycles. The zero-order chi connectivity index (χ0) is 29.0. The number of hydrogen-bond donors (Lipinski definition) is 5. The van der Waals surface area contributed by atoms with Gasteiger partial charge in [-0.15, -0.1) is 0 Å². The van der Waals surface area contributed by atoms with Crippen molar-refractivity contribution in [1.29, 1.82) is 0 Å². The molecule has 11 nitrogen and oxygen atoms in total. The molecule has 1 saturated carbocycles. The second-order valence-corrected chi connectivity index (χ2v) is 10.5. The topological polar surface area (TPSA) is 148 Å². The van der Waals surface area contributed by atoms with Crippen LogP contribution >= 0.6 is 0 Å². The fourth-order valence-corrected chi connectivity index (χ4v) is 4.72. The Balaban J connectivity index is 1.55. The SMILES string of the molecule is CCCCCCCCNc1nc(Nc2cccc(C(=O)NCCOCCOCCN)c2)nc(NC2CCCCC2)n1. The molecule has 1 aliphatic rings. The van der Waals surface area contributed by atoms with Gasteiger partial charge in [-0.2, -0.15) is 15.0 Å². The lowest BCUT2D eigenvalue weighted by Crippen LogP contribution is -2.27. The van der Waals surface area contributed by atoms with Gasteiger partial charge in [-0.25, -0.2) is 0 Å².